The zero-order valence-corrected chi connectivity index (χ0v) is 16.6. The smallest absolute Gasteiger partial charge is 0.475 e. The number of carboxylic acids is 1. The molecule has 1 aromatic rings. The third kappa shape index (κ3) is 5.59. The Labute approximate surface area is 171 Å². The van der Waals surface area contributed by atoms with Crippen molar-refractivity contribution in [3.63, 3.8) is 0 Å². The summed E-state index contributed by atoms with van der Waals surface area (Å²) < 4.78 is 37.8. The van der Waals surface area contributed by atoms with Crippen LogP contribution in [0.15, 0.2) is 12.1 Å². The maximum Gasteiger partial charge on any atom is 0.490 e. The second-order valence-corrected chi connectivity index (χ2v) is 7.87. The minimum atomic E-state index is -5.08. The number of fused-ring (bicyclic) bond motifs is 1. The summed E-state index contributed by atoms with van der Waals surface area (Å²) in [5.74, 6) is -1.28. The van der Waals surface area contributed by atoms with Crippen LogP contribution in [0.1, 0.15) is 37.8 Å². The number of ether oxygens (including phenoxy) is 1. The molecule has 3 fully saturated rings. The predicted molar refractivity (Wildman–Crippen MR) is 99.8 cm³/mol. The lowest BCUT2D eigenvalue weighted by Crippen LogP contribution is -2.45. The number of piperidine rings is 1. The zero-order chi connectivity index (χ0) is 21.9. The zero-order valence-electron chi connectivity index (χ0n) is 16.6. The molecule has 4 rings (SSSR count). The molecule has 1 aliphatic carbocycles. The van der Waals surface area contributed by atoms with Crippen LogP contribution in [0, 0.1) is 12.8 Å². The number of nitrogens with one attached hydrogen (secondary N) is 1. The molecule has 2 saturated heterocycles. The van der Waals surface area contributed by atoms with Crippen LogP contribution in [-0.2, 0) is 14.3 Å². The molecule has 1 amide bonds. The number of carbonyl (C=O) groups excluding carboxylic acids is 1. The molecular formula is C19H25F3N4O4. The lowest BCUT2D eigenvalue weighted by molar-refractivity contribution is -0.192. The van der Waals surface area contributed by atoms with Gasteiger partial charge in [0.05, 0.1) is 11.8 Å². The first-order valence-corrected chi connectivity index (χ1v) is 9.94. The van der Waals surface area contributed by atoms with Gasteiger partial charge in [-0.2, -0.15) is 18.3 Å². The summed E-state index contributed by atoms with van der Waals surface area (Å²) in [7, 11) is 0. The molecule has 0 spiro atoms. The fourth-order valence-corrected chi connectivity index (χ4v) is 3.71. The molecular weight excluding hydrogens is 405 g/mol. The number of nitrogens with zero attached hydrogens (tertiary/aromatic N) is 3. The quantitative estimate of drug-likeness (QED) is 0.756. The van der Waals surface area contributed by atoms with Crippen LogP contribution in [0.25, 0.3) is 0 Å². The third-order valence-electron chi connectivity index (χ3n) is 5.65. The topological polar surface area (TPSA) is 105 Å². The van der Waals surface area contributed by atoms with E-state index in [2.05, 4.69) is 20.4 Å². The molecule has 0 unspecified atom stereocenters. The minimum Gasteiger partial charge on any atom is -0.475 e. The maximum absolute atomic E-state index is 12.3. The molecule has 1 aromatic heterocycles. The van der Waals surface area contributed by atoms with Gasteiger partial charge < -0.3 is 20.1 Å². The van der Waals surface area contributed by atoms with Crippen molar-refractivity contribution in [1.29, 1.82) is 0 Å². The van der Waals surface area contributed by atoms with Gasteiger partial charge in [0.2, 0.25) is 5.91 Å². The van der Waals surface area contributed by atoms with Gasteiger partial charge in [-0.15, -0.1) is 5.10 Å². The number of rotatable bonds is 3. The van der Waals surface area contributed by atoms with Gasteiger partial charge in [0.15, 0.2) is 5.82 Å². The van der Waals surface area contributed by atoms with Gasteiger partial charge in [-0.05, 0) is 57.1 Å². The summed E-state index contributed by atoms with van der Waals surface area (Å²) in [4.78, 5) is 23.4. The molecule has 2 N–H and O–H groups in total. The summed E-state index contributed by atoms with van der Waals surface area (Å²) >= 11 is 0. The molecule has 11 heteroatoms. The average Bonchev–Trinajstić information content (AvgIpc) is 3.08. The number of hydrogen-bond donors (Lipinski definition) is 2. The van der Waals surface area contributed by atoms with Crippen LogP contribution in [0.3, 0.4) is 0 Å². The number of hydrogen-bond acceptors (Lipinski definition) is 6. The van der Waals surface area contributed by atoms with E-state index in [1.807, 2.05) is 19.1 Å². The molecule has 8 nitrogen and oxygen atoms in total. The fraction of sp³-hybridized carbons (Fsp3) is 0.684. The number of aryl methyl sites for hydroxylation is 1. The highest BCUT2D eigenvalue weighted by molar-refractivity contribution is 5.81. The van der Waals surface area contributed by atoms with Crippen molar-refractivity contribution in [3.05, 3.63) is 17.8 Å². The number of alkyl halides is 3. The van der Waals surface area contributed by atoms with E-state index in [1.165, 1.54) is 6.42 Å². The van der Waals surface area contributed by atoms with Crippen LogP contribution >= 0.6 is 0 Å². The summed E-state index contributed by atoms with van der Waals surface area (Å²) in [6, 6.07) is 4.38. The van der Waals surface area contributed by atoms with E-state index in [0.717, 1.165) is 50.3 Å². The summed E-state index contributed by atoms with van der Waals surface area (Å²) in [6.07, 6.45) is 0.146. The Balaban J connectivity index is 0.000000318. The number of halogens is 3. The van der Waals surface area contributed by atoms with Gasteiger partial charge in [0.1, 0.15) is 6.10 Å². The first kappa shape index (κ1) is 22.3. The van der Waals surface area contributed by atoms with Crippen LogP contribution in [0.2, 0.25) is 0 Å². The molecule has 3 atom stereocenters. The highest BCUT2D eigenvalue weighted by Gasteiger charge is 2.42. The van der Waals surface area contributed by atoms with Crippen LogP contribution in [0.4, 0.5) is 19.0 Å². The summed E-state index contributed by atoms with van der Waals surface area (Å²) in [6.45, 7) is 3.70. The van der Waals surface area contributed by atoms with Crippen molar-refractivity contribution in [2.75, 3.05) is 18.0 Å². The lowest BCUT2D eigenvalue weighted by atomic mass is 9.90. The van der Waals surface area contributed by atoms with Gasteiger partial charge in [0.25, 0.3) is 0 Å². The van der Waals surface area contributed by atoms with E-state index >= 15 is 0 Å². The predicted octanol–water partition coefficient (Wildman–Crippen LogP) is 2.07. The number of anilines is 1. The standard InChI is InChI=1S/C17H24N4O2.C2HF3O2/c1-11-5-6-16(20-19-11)21-8-7-12-9-14(23-15(12)10-21)17(22)18-13-3-2-4-13;3-2(4,5)1(6)7/h5-6,12-15H,2-4,7-10H2,1H3,(H,18,22);(H,6,7)/t12-,14+,15-;/m0./s1. The van der Waals surface area contributed by atoms with Gasteiger partial charge in [-0.1, -0.05) is 0 Å². The number of amides is 1. The molecule has 2 aliphatic heterocycles. The Kier molecular flexibility index (Phi) is 6.79. The fourth-order valence-electron chi connectivity index (χ4n) is 3.71. The Bertz CT molecular complexity index is 755. The van der Waals surface area contributed by atoms with Crippen molar-refractivity contribution in [3.8, 4) is 0 Å². The molecule has 30 heavy (non-hydrogen) atoms. The Morgan fingerprint density at radius 2 is 1.93 bits per heavy atom. The highest BCUT2D eigenvalue weighted by Crippen LogP contribution is 2.34. The van der Waals surface area contributed by atoms with Crippen LogP contribution in [-0.4, -0.2) is 64.7 Å². The monoisotopic (exact) mass is 430 g/mol. The molecule has 3 heterocycles. The summed E-state index contributed by atoms with van der Waals surface area (Å²) in [5, 5.41) is 18.6. The van der Waals surface area contributed by atoms with E-state index in [0.29, 0.717) is 12.0 Å². The number of carbonyl (C=O) groups is 2. The van der Waals surface area contributed by atoms with E-state index < -0.39 is 12.1 Å². The number of aromatic nitrogens is 2. The largest absolute Gasteiger partial charge is 0.490 e. The van der Waals surface area contributed by atoms with E-state index in [9.17, 15) is 18.0 Å². The maximum atomic E-state index is 12.3. The Morgan fingerprint density at radius 1 is 1.23 bits per heavy atom. The van der Waals surface area contributed by atoms with E-state index in [4.69, 9.17) is 14.6 Å². The molecule has 0 radical (unpaired) electrons. The first-order valence-electron chi connectivity index (χ1n) is 9.94. The lowest BCUT2D eigenvalue weighted by Gasteiger charge is -2.34. The number of aliphatic carboxylic acids is 1. The first-order chi connectivity index (χ1) is 14.1. The second-order valence-electron chi connectivity index (χ2n) is 7.87. The van der Waals surface area contributed by atoms with Crippen molar-refractivity contribution < 1.29 is 32.6 Å². The summed E-state index contributed by atoms with van der Waals surface area (Å²) in [5.41, 5.74) is 0.925. The second kappa shape index (κ2) is 9.15. The average molecular weight is 430 g/mol. The van der Waals surface area contributed by atoms with Crippen molar-refractivity contribution in [2.45, 2.75) is 63.5 Å². The molecule has 0 bridgehead atoms. The van der Waals surface area contributed by atoms with Crippen molar-refractivity contribution >= 4 is 17.7 Å². The number of carboxylic acid groups (broad SMARTS) is 1. The normalized spacial score (nSPS) is 26.1. The van der Waals surface area contributed by atoms with Crippen molar-refractivity contribution in [2.24, 2.45) is 5.92 Å². The molecule has 0 aromatic carbocycles. The third-order valence-corrected chi connectivity index (χ3v) is 5.65. The highest BCUT2D eigenvalue weighted by atomic mass is 19.4. The van der Waals surface area contributed by atoms with Gasteiger partial charge >= 0.3 is 12.1 Å². The van der Waals surface area contributed by atoms with Gasteiger partial charge in [-0.3, -0.25) is 4.79 Å². The van der Waals surface area contributed by atoms with Crippen LogP contribution in [0.5, 0.6) is 0 Å². The molecule has 166 valence electrons. The van der Waals surface area contributed by atoms with Crippen LogP contribution < -0.4 is 10.2 Å². The Morgan fingerprint density at radius 3 is 2.47 bits per heavy atom. The van der Waals surface area contributed by atoms with Crippen molar-refractivity contribution in [1.82, 2.24) is 15.5 Å². The SMILES string of the molecule is Cc1ccc(N2CC[C@H]3C[C@H](C(=O)NC4CCC4)O[C@H]3C2)nn1.O=C(O)C(F)(F)F. The molecule has 1 saturated carbocycles. The van der Waals surface area contributed by atoms with Gasteiger partial charge in [0, 0.05) is 19.1 Å². The van der Waals surface area contributed by atoms with E-state index in [-0.39, 0.29) is 18.1 Å². The molecule has 3 aliphatic rings. The Hall–Kier alpha value is -2.43. The van der Waals surface area contributed by atoms with E-state index in [1.54, 1.807) is 0 Å². The minimum absolute atomic E-state index is 0.0887. The van der Waals surface area contributed by atoms with Gasteiger partial charge in [-0.25, -0.2) is 4.79 Å².